The number of anilines is 1. The molecule has 0 radical (unpaired) electrons. The Labute approximate surface area is 121 Å². The summed E-state index contributed by atoms with van der Waals surface area (Å²) in [5, 5.41) is 2.99. The SMILES string of the molecule is COC(CNC(=O)N1CCc2ccccc21)C(C)(C)C. The van der Waals surface area contributed by atoms with Gasteiger partial charge in [0, 0.05) is 25.9 Å². The van der Waals surface area contributed by atoms with Crippen molar-refractivity contribution in [2.75, 3.05) is 25.1 Å². The second-order valence-corrected chi connectivity index (χ2v) is 6.31. The summed E-state index contributed by atoms with van der Waals surface area (Å²) >= 11 is 0. The van der Waals surface area contributed by atoms with Crippen molar-refractivity contribution in [3.63, 3.8) is 0 Å². The van der Waals surface area contributed by atoms with E-state index in [2.05, 4.69) is 32.2 Å². The number of hydrogen-bond donors (Lipinski definition) is 1. The van der Waals surface area contributed by atoms with Crippen LogP contribution in [0.1, 0.15) is 26.3 Å². The number of urea groups is 1. The van der Waals surface area contributed by atoms with E-state index in [-0.39, 0.29) is 17.6 Å². The van der Waals surface area contributed by atoms with Gasteiger partial charge in [0.05, 0.1) is 6.10 Å². The molecule has 1 aliphatic rings. The summed E-state index contributed by atoms with van der Waals surface area (Å²) < 4.78 is 5.46. The van der Waals surface area contributed by atoms with Crippen molar-refractivity contribution in [3.8, 4) is 0 Å². The monoisotopic (exact) mass is 276 g/mol. The van der Waals surface area contributed by atoms with E-state index in [4.69, 9.17) is 4.74 Å². The Bertz CT molecular complexity index is 480. The fourth-order valence-electron chi connectivity index (χ4n) is 2.57. The number of carbonyl (C=O) groups excluding carboxylic acids is 1. The fourth-order valence-corrected chi connectivity index (χ4v) is 2.57. The third kappa shape index (κ3) is 3.12. The molecule has 1 unspecified atom stereocenters. The van der Waals surface area contributed by atoms with Crippen molar-refractivity contribution in [1.29, 1.82) is 0 Å². The Kier molecular flexibility index (Phi) is 4.33. The molecular weight excluding hydrogens is 252 g/mol. The molecule has 4 heteroatoms. The number of carbonyl (C=O) groups is 1. The lowest BCUT2D eigenvalue weighted by molar-refractivity contribution is 0.0195. The summed E-state index contributed by atoms with van der Waals surface area (Å²) in [5.41, 5.74) is 2.27. The van der Waals surface area contributed by atoms with Crippen LogP contribution in [0.2, 0.25) is 0 Å². The van der Waals surface area contributed by atoms with Gasteiger partial charge in [-0.2, -0.15) is 0 Å². The first-order valence-corrected chi connectivity index (χ1v) is 7.09. The maximum Gasteiger partial charge on any atom is 0.321 e. The van der Waals surface area contributed by atoms with E-state index < -0.39 is 0 Å². The van der Waals surface area contributed by atoms with Crippen molar-refractivity contribution in [1.82, 2.24) is 5.32 Å². The van der Waals surface area contributed by atoms with Crippen LogP contribution in [-0.4, -0.2) is 32.3 Å². The van der Waals surface area contributed by atoms with Crippen LogP contribution in [0.4, 0.5) is 10.5 Å². The second-order valence-electron chi connectivity index (χ2n) is 6.31. The third-order valence-corrected chi connectivity index (χ3v) is 3.82. The summed E-state index contributed by atoms with van der Waals surface area (Å²) in [6.07, 6.45) is 0.931. The van der Waals surface area contributed by atoms with E-state index in [1.165, 1.54) is 5.56 Å². The van der Waals surface area contributed by atoms with Gasteiger partial charge in [-0.3, -0.25) is 4.90 Å². The smallest absolute Gasteiger partial charge is 0.321 e. The molecule has 2 amide bonds. The topological polar surface area (TPSA) is 41.6 Å². The predicted octanol–water partition coefficient (Wildman–Crippen LogP) is 2.82. The lowest BCUT2D eigenvalue weighted by Gasteiger charge is -2.30. The number of rotatable bonds is 3. The van der Waals surface area contributed by atoms with Gasteiger partial charge in [0.2, 0.25) is 0 Å². The normalized spacial score (nSPS) is 15.9. The number of fused-ring (bicyclic) bond motifs is 1. The molecule has 0 aromatic heterocycles. The highest BCUT2D eigenvalue weighted by atomic mass is 16.5. The van der Waals surface area contributed by atoms with Crippen LogP contribution in [0.3, 0.4) is 0 Å². The Hall–Kier alpha value is -1.55. The molecule has 1 atom stereocenters. The van der Waals surface area contributed by atoms with Crippen LogP contribution in [0, 0.1) is 5.41 Å². The maximum atomic E-state index is 12.3. The molecule has 20 heavy (non-hydrogen) atoms. The first-order chi connectivity index (χ1) is 9.43. The van der Waals surface area contributed by atoms with E-state index in [1.807, 2.05) is 23.1 Å². The Balaban J connectivity index is 1.97. The average Bonchev–Trinajstić information content (AvgIpc) is 2.81. The predicted molar refractivity (Wildman–Crippen MR) is 81.1 cm³/mol. The number of benzene rings is 1. The van der Waals surface area contributed by atoms with Crippen molar-refractivity contribution in [2.45, 2.75) is 33.3 Å². The number of para-hydroxylation sites is 1. The molecule has 0 bridgehead atoms. The molecule has 1 aromatic carbocycles. The van der Waals surface area contributed by atoms with Crippen molar-refractivity contribution in [3.05, 3.63) is 29.8 Å². The zero-order valence-electron chi connectivity index (χ0n) is 12.8. The number of hydrogen-bond acceptors (Lipinski definition) is 2. The minimum Gasteiger partial charge on any atom is -0.379 e. The standard InChI is InChI=1S/C16H24N2O2/c1-16(2,3)14(20-4)11-17-15(19)18-10-9-12-7-5-6-8-13(12)18/h5-8,14H,9-11H2,1-4H3,(H,17,19). The lowest BCUT2D eigenvalue weighted by Crippen LogP contribution is -2.45. The van der Waals surface area contributed by atoms with E-state index in [9.17, 15) is 4.79 Å². The fraction of sp³-hybridized carbons (Fsp3) is 0.562. The van der Waals surface area contributed by atoms with E-state index in [0.717, 1.165) is 18.7 Å². The molecule has 1 N–H and O–H groups in total. The molecule has 1 aromatic rings. The quantitative estimate of drug-likeness (QED) is 0.922. The summed E-state index contributed by atoms with van der Waals surface area (Å²) in [6, 6.07) is 8.02. The Morgan fingerprint density at radius 3 is 2.75 bits per heavy atom. The maximum absolute atomic E-state index is 12.3. The largest absolute Gasteiger partial charge is 0.379 e. The molecule has 0 fully saturated rings. The van der Waals surface area contributed by atoms with Gasteiger partial charge in [-0.05, 0) is 23.5 Å². The number of nitrogens with zero attached hydrogens (tertiary/aromatic N) is 1. The van der Waals surface area contributed by atoms with Crippen LogP contribution in [-0.2, 0) is 11.2 Å². The average molecular weight is 276 g/mol. The molecule has 0 spiro atoms. The van der Waals surface area contributed by atoms with Gasteiger partial charge in [0.1, 0.15) is 0 Å². The summed E-state index contributed by atoms with van der Waals surface area (Å²) in [5.74, 6) is 0. The zero-order chi connectivity index (χ0) is 14.8. The minimum atomic E-state index is -0.0405. The second kappa shape index (κ2) is 5.83. The Morgan fingerprint density at radius 1 is 1.40 bits per heavy atom. The highest BCUT2D eigenvalue weighted by Crippen LogP contribution is 2.27. The van der Waals surface area contributed by atoms with E-state index >= 15 is 0 Å². The summed E-state index contributed by atoms with van der Waals surface area (Å²) in [6.45, 7) is 7.60. The highest BCUT2D eigenvalue weighted by Gasteiger charge is 2.28. The number of ether oxygens (including phenoxy) is 1. The van der Waals surface area contributed by atoms with Gasteiger partial charge in [-0.25, -0.2) is 4.79 Å². The molecule has 0 saturated heterocycles. The van der Waals surface area contributed by atoms with Crippen LogP contribution < -0.4 is 10.2 Å². The third-order valence-electron chi connectivity index (χ3n) is 3.82. The molecule has 110 valence electrons. The van der Waals surface area contributed by atoms with Crippen molar-refractivity contribution in [2.24, 2.45) is 5.41 Å². The number of nitrogens with one attached hydrogen (secondary N) is 1. The van der Waals surface area contributed by atoms with E-state index in [1.54, 1.807) is 7.11 Å². The lowest BCUT2D eigenvalue weighted by atomic mass is 9.89. The summed E-state index contributed by atoms with van der Waals surface area (Å²) in [4.78, 5) is 14.1. The van der Waals surface area contributed by atoms with Gasteiger partial charge < -0.3 is 10.1 Å². The van der Waals surface area contributed by atoms with Gasteiger partial charge in [-0.1, -0.05) is 39.0 Å². The molecule has 2 rings (SSSR count). The molecule has 1 aliphatic heterocycles. The van der Waals surface area contributed by atoms with Gasteiger partial charge in [0.15, 0.2) is 0 Å². The van der Waals surface area contributed by atoms with Crippen molar-refractivity contribution < 1.29 is 9.53 Å². The van der Waals surface area contributed by atoms with Crippen LogP contribution in [0.5, 0.6) is 0 Å². The number of amides is 2. The van der Waals surface area contributed by atoms with Crippen LogP contribution >= 0.6 is 0 Å². The minimum absolute atomic E-state index is 0.00398. The van der Waals surface area contributed by atoms with Gasteiger partial charge in [-0.15, -0.1) is 0 Å². The first kappa shape index (κ1) is 14.9. The van der Waals surface area contributed by atoms with Crippen molar-refractivity contribution >= 4 is 11.7 Å². The Morgan fingerprint density at radius 2 is 2.10 bits per heavy atom. The van der Waals surface area contributed by atoms with Crippen LogP contribution in [0.15, 0.2) is 24.3 Å². The number of methoxy groups -OCH3 is 1. The van der Waals surface area contributed by atoms with Crippen LogP contribution in [0.25, 0.3) is 0 Å². The summed E-state index contributed by atoms with van der Waals surface area (Å²) in [7, 11) is 1.69. The molecular formula is C16H24N2O2. The molecule has 1 heterocycles. The highest BCUT2D eigenvalue weighted by molar-refractivity contribution is 5.94. The van der Waals surface area contributed by atoms with Gasteiger partial charge >= 0.3 is 6.03 Å². The van der Waals surface area contributed by atoms with E-state index in [0.29, 0.717) is 6.54 Å². The molecule has 4 nitrogen and oxygen atoms in total. The van der Waals surface area contributed by atoms with Gasteiger partial charge in [0.25, 0.3) is 0 Å². The first-order valence-electron chi connectivity index (χ1n) is 7.09. The zero-order valence-corrected chi connectivity index (χ0v) is 12.8. The molecule has 0 saturated carbocycles. The molecule has 0 aliphatic carbocycles.